The number of carboxylic acid groups (broad SMARTS) is 1. The summed E-state index contributed by atoms with van der Waals surface area (Å²) in [4.78, 5) is 24.2. The first-order valence-electron chi connectivity index (χ1n) is 6.14. The molecule has 2 unspecified atom stereocenters. The highest BCUT2D eigenvalue weighted by atomic mass is 16.4. The van der Waals surface area contributed by atoms with Gasteiger partial charge in [-0.25, -0.2) is 4.79 Å². The Hall–Kier alpha value is -2.55. The van der Waals surface area contributed by atoms with Crippen molar-refractivity contribution in [2.75, 3.05) is 11.9 Å². The van der Waals surface area contributed by atoms with Gasteiger partial charge in [-0.15, -0.1) is 0 Å². The van der Waals surface area contributed by atoms with Gasteiger partial charge in [0.1, 0.15) is 6.07 Å². The predicted molar refractivity (Wildman–Crippen MR) is 74.4 cm³/mol. The molecule has 0 aliphatic heterocycles. The first kappa shape index (κ1) is 15.5. The van der Waals surface area contributed by atoms with E-state index in [1.54, 1.807) is 31.2 Å². The largest absolute Gasteiger partial charge is 0.481 e. The highest BCUT2D eigenvalue weighted by Crippen LogP contribution is 2.18. The molecule has 0 saturated carbocycles. The molecule has 106 valence electrons. The van der Waals surface area contributed by atoms with Crippen molar-refractivity contribution in [2.24, 2.45) is 5.92 Å². The van der Waals surface area contributed by atoms with Crippen LogP contribution in [0, 0.1) is 17.2 Å². The molecule has 2 N–H and O–H groups in total. The van der Waals surface area contributed by atoms with Crippen LogP contribution in [-0.4, -0.2) is 30.2 Å². The van der Waals surface area contributed by atoms with Gasteiger partial charge in [-0.3, -0.25) is 9.69 Å². The Labute approximate surface area is 117 Å². The van der Waals surface area contributed by atoms with E-state index < -0.39 is 24.0 Å². The van der Waals surface area contributed by atoms with E-state index in [0.29, 0.717) is 11.3 Å². The number of amides is 2. The standard InChI is InChI=1S/C14H17N3O3/c1-9(13(18)19)10(2)16-14(20)17(3)12-7-5-4-6-11(12)8-15/h4-7,9-10H,1-3H3,(H,16,20)(H,18,19). The minimum Gasteiger partial charge on any atom is -0.481 e. The molecular weight excluding hydrogens is 258 g/mol. The third kappa shape index (κ3) is 3.48. The Bertz CT molecular complexity index is 551. The Kier molecular flexibility index (Phi) is 5.09. The number of anilines is 1. The molecule has 0 radical (unpaired) electrons. The summed E-state index contributed by atoms with van der Waals surface area (Å²) in [5.41, 5.74) is 0.853. The minimum absolute atomic E-state index is 0.379. The average molecular weight is 275 g/mol. The lowest BCUT2D eigenvalue weighted by atomic mass is 10.0. The average Bonchev–Trinajstić information content (AvgIpc) is 2.45. The number of hydrogen-bond acceptors (Lipinski definition) is 3. The van der Waals surface area contributed by atoms with Gasteiger partial charge in [0.2, 0.25) is 0 Å². The molecule has 0 spiro atoms. The number of hydrogen-bond donors (Lipinski definition) is 2. The maximum Gasteiger partial charge on any atom is 0.321 e. The van der Waals surface area contributed by atoms with Gasteiger partial charge in [0.25, 0.3) is 0 Å². The SMILES string of the molecule is CC(NC(=O)N(C)c1ccccc1C#N)C(C)C(=O)O. The van der Waals surface area contributed by atoms with Crippen LogP contribution in [0.1, 0.15) is 19.4 Å². The van der Waals surface area contributed by atoms with Crippen LogP contribution in [0.5, 0.6) is 0 Å². The number of nitriles is 1. The van der Waals surface area contributed by atoms with Crippen LogP contribution in [0.15, 0.2) is 24.3 Å². The van der Waals surface area contributed by atoms with Gasteiger partial charge in [-0.1, -0.05) is 12.1 Å². The smallest absolute Gasteiger partial charge is 0.321 e. The van der Waals surface area contributed by atoms with E-state index in [9.17, 15) is 9.59 Å². The van der Waals surface area contributed by atoms with Gasteiger partial charge in [-0.05, 0) is 26.0 Å². The van der Waals surface area contributed by atoms with Crippen LogP contribution >= 0.6 is 0 Å². The van der Waals surface area contributed by atoms with E-state index in [2.05, 4.69) is 5.32 Å². The summed E-state index contributed by atoms with van der Waals surface area (Å²) in [5, 5.41) is 20.5. The molecule has 0 aliphatic rings. The molecule has 0 bridgehead atoms. The molecule has 20 heavy (non-hydrogen) atoms. The van der Waals surface area contributed by atoms with Crippen LogP contribution in [0.3, 0.4) is 0 Å². The second-order valence-electron chi connectivity index (χ2n) is 4.55. The monoisotopic (exact) mass is 275 g/mol. The molecule has 1 aromatic carbocycles. The first-order chi connectivity index (χ1) is 9.38. The van der Waals surface area contributed by atoms with Crippen LogP contribution in [-0.2, 0) is 4.79 Å². The summed E-state index contributed by atoms with van der Waals surface area (Å²) in [7, 11) is 1.53. The fraction of sp³-hybridized carbons (Fsp3) is 0.357. The second kappa shape index (κ2) is 6.57. The number of nitrogens with one attached hydrogen (secondary N) is 1. The number of carbonyl (C=O) groups is 2. The molecule has 0 saturated heterocycles. The number of aliphatic carboxylic acids is 1. The van der Waals surface area contributed by atoms with E-state index in [1.807, 2.05) is 6.07 Å². The van der Waals surface area contributed by atoms with Crippen LogP contribution in [0.4, 0.5) is 10.5 Å². The van der Waals surface area contributed by atoms with E-state index >= 15 is 0 Å². The lowest BCUT2D eigenvalue weighted by Gasteiger charge is -2.23. The van der Waals surface area contributed by atoms with Gasteiger partial charge in [0, 0.05) is 13.1 Å². The molecule has 6 nitrogen and oxygen atoms in total. The molecule has 6 heteroatoms. The lowest BCUT2D eigenvalue weighted by molar-refractivity contribution is -0.141. The van der Waals surface area contributed by atoms with Gasteiger partial charge in [-0.2, -0.15) is 5.26 Å². The number of carbonyl (C=O) groups excluding carboxylic acids is 1. The highest BCUT2D eigenvalue weighted by Gasteiger charge is 2.23. The third-order valence-electron chi connectivity index (χ3n) is 3.18. The maximum atomic E-state index is 12.1. The fourth-order valence-electron chi connectivity index (χ4n) is 1.60. The summed E-state index contributed by atoms with van der Waals surface area (Å²) in [6, 6.07) is 7.75. The zero-order valence-electron chi connectivity index (χ0n) is 11.6. The van der Waals surface area contributed by atoms with E-state index in [-0.39, 0.29) is 0 Å². The number of nitrogens with zero attached hydrogens (tertiary/aromatic N) is 2. The van der Waals surface area contributed by atoms with Crippen molar-refractivity contribution in [1.29, 1.82) is 5.26 Å². The van der Waals surface area contributed by atoms with Crippen molar-refractivity contribution in [3.8, 4) is 6.07 Å². The maximum absolute atomic E-state index is 12.1. The number of urea groups is 1. The summed E-state index contributed by atoms with van der Waals surface area (Å²) in [5.74, 6) is -1.67. The van der Waals surface area contributed by atoms with E-state index in [4.69, 9.17) is 10.4 Å². The third-order valence-corrected chi connectivity index (χ3v) is 3.18. The normalized spacial score (nSPS) is 12.9. The van der Waals surface area contributed by atoms with Crippen molar-refractivity contribution in [2.45, 2.75) is 19.9 Å². The molecule has 2 atom stereocenters. The molecule has 0 aliphatic carbocycles. The van der Waals surface area contributed by atoms with Gasteiger partial charge in [0.05, 0.1) is 17.2 Å². The quantitative estimate of drug-likeness (QED) is 0.876. The van der Waals surface area contributed by atoms with Crippen LogP contribution in [0.2, 0.25) is 0 Å². The van der Waals surface area contributed by atoms with Crippen molar-refractivity contribution >= 4 is 17.7 Å². The summed E-state index contributed by atoms with van der Waals surface area (Å²) >= 11 is 0. The Morgan fingerprint density at radius 1 is 1.35 bits per heavy atom. The summed E-state index contributed by atoms with van der Waals surface area (Å²) < 4.78 is 0. The molecular formula is C14H17N3O3. The lowest BCUT2D eigenvalue weighted by Crippen LogP contribution is -2.46. The Morgan fingerprint density at radius 3 is 2.50 bits per heavy atom. The Morgan fingerprint density at radius 2 is 1.95 bits per heavy atom. The minimum atomic E-state index is -0.974. The summed E-state index contributed by atoms with van der Waals surface area (Å²) in [6.45, 7) is 3.15. The molecule has 2 amide bonds. The summed E-state index contributed by atoms with van der Waals surface area (Å²) in [6.07, 6.45) is 0. The highest BCUT2D eigenvalue weighted by molar-refractivity contribution is 5.93. The predicted octanol–water partition coefficient (Wildman–Crippen LogP) is 1.81. The molecule has 1 rings (SSSR count). The van der Waals surface area contributed by atoms with E-state index in [1.165, 1.54) is 18.9 Å². The zero-order chi connectivity index (χ0) is 15.3. The zero-order valence-corrected chi connectivity index (χ0v) is 11.6. The molecule has 0 aromatic heterocycles. The number of carboxylic acids is 1. The van der Waals surface area contributed by atoms with Gasteiger partial charge in [0.15, 0.2) is 0 Å². The van der Waals surface area contributed by atoms with Crippen LogP contribution in [0.25, 0.3) is 0 Å². The second-order valence-corrected chi connectivity index (χ2v) is 4.55. The Balaban J connectivity index is 2.83. The van der Waals surface area contributed by atoms with Crippen molar-refractivity contribution in [3.63, 3.8) is 0 Å². The molecule has 1 aromatic rings. The number of benzene rings is 1. The fourth-order valence-corrected chi connectivity index (χ4v) is 1.60. The van der Waals surface area contributed by atoms with Gasteiger partial charge < -0.3 is 10.4 Å². The topological polar surface area (TPSA) is 93.4 Å². The first-order valence-corrected chi connectivity index (χ1v) is 6.14. The van der Waals surface area contributed by atoms with E-state index in [0.717, 1.165) is 0 Å². The van der Waals surface area contributed by atoms with Crippen molar-refractivity contribution in [1.82, 2.24) is 5.32 Å². The number of para-hydroxylation sites is 1. The van der Waals surface area contributed by atoms with Crippen molar-refractivity contribution < 1.29 is 14.7 Å². The van der Waals surface area contributed by atoms with Crippen molar-refractivity contribution in [3.05, 3.63) is 29.8 Å². The molecule has 0 fully saturated rings. The van der Waals surface area contributed by atoms with Gasteiger partial charge >= 0.3 is 12.0 Å². The number of rotatable bonds is 4. The molecule has 0 heterocycles. The van der Waals surface area contributed by atoms with Crippen LogP contribution < -0.4 is 10.2 Å².